The second-order valence-corrected chi connectivity index (χ2v) is 9.49. The van der Waals surface area contributed by atoms with Gasteiger partial charge in [-0.2, -0.15) is 0 Å². The zero-order valence-electron chi connectivity index (χ0n) is 19.4. The molecule has 1 atom stereocenters. The van der Waals surface area contributed by atoms with Crippen molar-refractivity contribution >= 4 is 23.4 Å². The van der Waals surface area contributed by atoms with E-state index in [0.29, 0.717) is 22.9 Å². The fraction of sp³-hybridized carbons (Fsp3) is 0.462. The Morgan fingerprint density at radius 2 is 1.79 bits per heavy atom. The van der Waals surface area contributed by atoms with Crippen LogP contribution in [0.15, 0.2) is 42.5 Å². The average molecular weight is 489 g/mol. The number of carbonyl (C=O) groups is 2. The summed E-state index contributed by atoms with van der Waals surface area (Å²) in [6.45, 7) is 4.36. The first-order chi connectivity index (χ1) is 16.3. The molecule has 0 spiro atoms. The van der Waals surface area contributed by atoms with Gasteiger partial charge in [-0.1, -0.05) is 11.6 Å². The van der Waals surface area contributed by atoms with Gasteiger partial charge in [0.1, 0.15) is 23.8 Å². The van der Waals surface area contributed by atoms with Crippen LogP contribution in [0.25, 0.3) is 0 Å². The lowest BCUT2D eigenvalue weighted by atomic mass is 9.95. The Morgan fingerprint density at radius 3 is 2.50 bits per heavy atom. The van der Waals surface area contributed by atoms with Crippen LogP contribution in [0, 0.1) is 12.7 Å². The van der Waals surface area contributed by atoms with Gasteiger partial charge in [-0.25, -0.2) is 4.39 Å². The van der Waals surface area contributed by atoms with E-state index in [0.717, 1.165) is 37.9 Å². The van der Waals surface area contributed by atoms with Gasteiger partial charge >= 0.3 is 0 Å². The average Bonchev–Trinajstić information content (AvgIpc) is 2.85. The first-order valence-corrected chi connectivity index (χ1v) is 12.1. The van der Waals surface area contributed by atoms with E-state index >= 15 is 0 Å². The number of hydrogen-bond acceptors (Lipinski definition) is 4. The summed E-state index contributed by atoms with van der Waals surface area (Å²) in [5.74, 6) is 0.0102. The number of aryl methyl sites for hydroxylation is 1. The Bertz CT molecular complexity index is 1030. The highest BCUT2D eigenvalue weighted by atomic mass is 35.5. The number of piperidine rings is 1. The maximum atomic E-state index is 13.3. The lowest BCUT2D eigenvalue weighted by Gasteiger charge is -2.43. The quantitative estimate of drug-likeness (QED) is 0.601. The molecule has 1 unspecified atom stereocenters. The minimum absolute atomic E-state index is 0.00617. The van der Waals surface area contributed by atoms with E-state index in [1.807, 2.05) is 17.9 Å². The number of likely N-dealkylation sites (tertiary alicyclic amines) is 1. The summed E-state index contributed by atoms with van der Waals surface area (Å²) in [5, 5.41) is 0.646. The minimum atomic E-state index is -0.990. The highest BCUT2D eigenvalue weighted by molar-refractivity contribution is 6.31. The molecule has 2 heterocycles. The molecule has 2 aromatic rings. The normalized spacial score (nSPS) is 20.8. The number of rotatable bonds is 6. The summed E-state index contributed by atoms with van der Waals surface area (Å²) in [6, 6.07) is 10.9. The van der Waals surface area contributed by atoms with E-state index in [1.165, 1.54) is 24.3 Å². The summed E-state index contributed by atoms with van der Waals surface area (Å²) < 4.78 is 25.6. The Labute approximate surface area is 204 Å². The molecule has 2 aliphatic heterocycles. The number of morpholine rings is 1. The van der Waals surface area contributed by atoms with Crippen molar-refractivity contribution in [1.29, 1.82) is 0 Å². The van der Waals surface area contributed by atoms with Crippen LogP contribution in [0.1, 0.15) is 41.6 Å². The predicted octanol–water partition coefficient (Wildman–Crippen LogP) is 4.48. The number of benzene rings is 2. The lowest BCUT2D eigenvalue weighted by molar-refractivity contribution is -0.153. The molecular formula is C26H30ClFN2O4. The summed E-state index contributed by atoms with van der Waals surface area (Å²) >= 11 is 6.14. The van der Waals surface area contributed by atoms with Crippen LogP contribution in [0.5, 0.6) is 5.75 Å². The predicted molar refractivity (Wildman–Crippen MR) is 128 cm³/mol. The van der Waals surface area contributed by atoms with Crippen molar-refractivity contribution in [3.05, 3.63) is 64.4 Å². The van der Waals surface area contributed by atoms with Crippen molar-refractivity contribution in [2.45, 2.75) is 38.2 Å². The summed E-state index contributed by atoms with van der Waals surface area (Å²) in [6.07, 6.45) is 3.24. The van der Waals surface area contributed by atoms with Gasteiger partial charge in [0.15, 0.2) is 0 Å². The van der Waals surface area contributed by atoms with Gasteiger partial charge in [0.2, 0.25) is 5.91 Å². The zero-order chi connectivity index (χ0) is 24.1. The van der Waals surface area contributed by atoms with E-state index in [4.69, 9.17) is 21.1 Å². The zero-order valence-corrected chi connectivity index (χ0v) is 20.2. The number of halogens is 2. The Hall–Kier alpha value is -2.64. The SMILES string of the molecule is Cc1cc(OCC2(CC(=O)N3CCCCC3)CN(C(=O)c3ccc(F)cc3)CCO2)ccc1Cl. The van der Waals surface area contributed by atoms with E-state index in [2.05, 4.69) is 0 Å². The molecule has 0 N–H and O–H groups in total. The van der Waals surface area contributed by atoms with Crippen molar-refractivity contribution in [2.75, 3.05) is 39.4 Å². The third-order valence-electron chi connectivity index (χ3n) is 6.44. The lowest BCUT2D eigenvalue weighted by Crippen LogP contribution is -2.58. The number of amides is 2. The molecule has 2 fully saturated rings. The summed E-state index contributed by atoms with van der Waals surface area (Å²) in [5.41, 5.74) is 0.291. The molecule has 2 aromatic carbocycles. The third kappa shape index (κ3) is 5.88. The molecule has 34 heavy (non-hydrogen) atoms. The molecular weight excluding hydrogens is 459 g/mol. The van der Waals surface area contributed by atoms with Crippen LogP contribution in [-0.2, 0) is 9.53 Å². The molecule has 0 aromatic heterocycles. The van der Waals surface area contributed by atoms with Crippen LogP contribution in [-0.4, -0.2) is 66.6 Å². The fourth-order valence-corrected chi connectivity index (χ4v) is 4.61. The van der Waals surface area contributed by atoms with Crippen molar-refractivity contribution < 1.29 is 23.5 Å². The molecule has 0 aliphatic carbocycles. The van der Waals surface area contributed by atoms with Crippen LogP contribution in [0.3, 0.4) is 0 Å². The van der Waals surface area contributed by atoms with Crippen LogP contribution in [0.2, 0.25) is 5.02 Å². The molecule has 0 radical (unpaired) electrons. The van der Waals surface area contributed by atoms with E-state index in [9.17, 15) is 14.0 Å². The van der Waals surface area contributed by atoms with Crippen LogP contribution >= 0.6 is 11.6 Å². The van der Waals surface area contributed by atoms with Gasteiger partial charge in [0.05, 0.1) is 19.6 Å². The van der Waals surface area contributed by atoms with Crippen LogP contribution in [0.4, 0.5) is 4.39 Å². The number of carbonyl (C=O) groups excluding carboxylic acids is 2. The summed E-state index contributed by atoms with van der Waals surface area (Å²) in [7, 11) is 0. The van der Waals surface area contributed by atoms with Crippen molar-refractivity contribution in [3.8, 4) is 5.75 Å². The van der Waals surface area contributed by atoms with Crippen molar-refractivity contribution in [2.24, 2.45) is 0 Å². The largest absolute Gasteiger partial charge is 0.490 e. The molecule has 182 valence electrons. The summed E-state index contributed by atoms with van der Waals surface area (Å²) in [4.78, 5) is 29.9. The standard InChI is InChI=1S/C26H30ClFN2O4/c1-19-15-22(9-10-23(19)27)33-18-26(16-24(31)29-11-3-2-4-12-29)17-30(13-14-34-26)25(32)20-5-7-21(28)8-6-20/h5-10,15H,2-4,11-14,16-18H2,1H3. The molecule has 2 saturated heterocycles. The van der Waals surface area contributed by atoms with Gasteiger partial charge in [-0.3, -0.25) is 9.59 Å². The minimum Gasteiger partial charge on any atom is -0.490 e. The smallest absolute Gasteiger partial charge is 0.254 e. The maximum Gasteiger partial charge on any atom is 0.254 e. The molecule has 6 nitrogen and oxygen atoms in total. The topological polar surface area (TPSA) is 59.1 Å². The van der Waals surface area contributed by atoms with Gasteiger partial charge in [-0.15, -0.1) is 0 Å². The van der Waals surface area contributed by atoms with Crippen molar-refractivity contribution in [1.82, 2.24) is 9.80 Å². The number of nitrogens with zero attached hydrogens (tertiary/aromatic N) is 2. The first kappa shape index (κ1) is 24.5. The number of ether oxygens (including phenoxy) is 2. The highest BCUT2D eigenvalue weighted by Crippen LogP contribution is 2.28. The van der Waals surface area contributed by atoms with Crippen LogP contribution < -0.4 is 4.74 Å². The highest BCUT2D eigenvalue weighted by Gasteiger charge is 2.42. The first-order valence-electron chi connectivity index (χ1n) is 11.7. The monoisotopic (exact) mass is 488 g/mol. The second kappa shape index (κ2) is 10.7. The van der Waals surface area contributed by atoms with Gasteiger partial charge in [-0.05, 0) is 74.2 Å². The van der Waals surface area contributed by atoms with E-state index in [-0.39, 0.29) is 38.0 Å². The maximum absolute atomic E-state index is 13.3. The van der Waals surface area contributed by atoms with Crippen molar-refractivity contribution in [3.63, 3.8) is 0 Å². The van der Waals surface area contributed by atoms with E-state index < -0.39 is 11.4 Å². The third-order valence-corrected chi connectivity index (χ3v) is 6.86. The molecule has 2 amide bonds. The Kier molecular flexibility index (Phi) is 7.73. The molecule has 0 saturated carbocycles. The second-order valence-electron chi connectivity index (χ2n) is 9.08. The van der Waals surface area contributed by atoms with E-state index in [1.54, 1.807) is 17.0 Å². The molecule has 4 rings (SSSR count). The molecule has 8 heteroatoms. The van der Waals surface area contributed by atoms with Gasteiger partial charge in [0, 0.05) is 30.2 Å². The molecule has 2 aliphatic rings. The fourth-order valence-electron chi connectivity index (χ4n) is 4.49. The number of hydrogen-bond donors (Lipinski definition) is 0. The van der Waals surface area contributed by atoms with Gasteiger partial charge < -0.3 is 19.3 Å². The Balaban J connectivity index is 1.53. The van der Waals surface area contributed by atoms with Gasteiger partial charge in [0.25, 0.3) is 5.91 Å². The Morgan fingerprint density at radius 1 is 1.06 bits per heavy atom. The molecule has 0 bridgehead atoms.